The second-order valence-electron chi connectivity index (χ2n) is 6.66. The Balaban J connectivity index is 1.59. The van der Waals surface area contributed by atoms with E-state index < -0.39 is 17.4 Å². The summed E-state index contributed by atoms with van der Waals surface area (Å²) in [4.78, 5) is 43.6. The molecule has 2 heterocycles. The van der Waals surface area contributed by atoms with E-state index in [0.29, 0.717) is 11.5 Å². The minimum atomic E-state index is -0.750. The lowest BCUT2D eigenvalue weighted by atomic mass is 10.2. The maximum Gasteiger partial charge on any atom is 0.309 e. The molecule has 31 heavy (non-hydrogen) atoms. The van der Waals surface area contributed by atoms with Crippen molar-refractivity contribution in [3.8, 4) is 17.1 Å². The van der Waals surface area contributed by atoms with Gasteiger partial charge in [0, 0.05) is 11.3 Å². The number of carbonyl (C=O) groups is 2. The molecule has 0 aliphatic carbocycles. The summed E-state index contributed by atoms with van der Waals surface area (Å²) >= 11 is 0. The topological polar surface area (TPSA) is 122 Å². The van der Waals surface area contributed by atoms with E-state index in [9.17, 15) is 14.4 Å². The Bertz CT molecular complexity index is 1240. The molecule has 0 fully saturated rings. The number of nitrogens with one attached hydrogen (secondary N) is 3. The molecule has 2 aromatic carbocycles. The van der Waals surface area contributed by atoms with Crippen molar-refractivity contribution in [1.29, 1.82) is 0 Å². The predicted molar refractivity (Wildman–Crippen MR) is 114 cm³/mol. The molecule has 4 rings (SSSR count). The minimum Gasteiger partial charge on any atom is -0.326 e. The Labute approximate surface area is 176 Å². The highest BCUT2D eigenvalue weighted by molar-refractivity contribution is 5.97. The van der Waals surface area contributed by atoms with Gasteiger partial charge in [-0.05, 0) is 31.2 Å². The highest BCUT2D eigenvalue weighted by Gasteiger charge is 2.20. The number of nitrogens with zero attached hydrogens (tertiary/aromatic N) is 3. The Hall–Kier alpha value is -4.53. The highest BCUT2D eigenvalue weighted by Crippen LogP contribution is 2.20. The fraction of sp³-hybridized carbons (Fsp3) is 0.0455. The van der Waals surface area contributed by atoms with E-state index in [1.807, 2.05) is 60.7 Å². The minimum absolute atomic E-state index is 0.126. The number of aromatic amines is 1. The number of amides is 2. The number of hydrazine groups is 1. The predicted octanol–water partition coefficient (Wildman–Crippen LogP) is 2.01. The van der Waals surface area contributed by atoms with Crippen LogP contribution < -0.4 is 16.4 Å². The van der Waals surface area contributed by atoms with E-state index in [1.54, 1.807) is 17.7 Å². The number of carbonyl (C=O) groups excluding carboxylic acids is 2. The van der Waals surface area contributed by atoms with Crippen LogP contribution in [-0.2, 0) is 0 Å². The molecule has 0 saturated carbocycles. The van der Waals surface area contributed by atoms with Crippen LogP contribution in [-0.4, -0.2) is 31.6 Å². The van der Waals surface area contributed by atoms with E-state index in [0.717, 1.165) is 11.3 Å². The van der Waals surface area contributed by atoms with Crippen LogP contribution in [0.5, 0.6) is 0 Å². The van der Waals surface area contributed by atoms with Gasteiger partial charge in [-0.25, -0.2) is 9.67 Å². The van der Waals surface area contributed by atoms with Gasteiger partial charge in [0.25, 0.3) is 11.5 Å². The van der Waals surface area contributed by atoms with Gasteiger partial charge in [0.05, 0.1) is 5.69 Å². The molecule has 0 unspecified atom stereocenters. The fourth-order valence-corrected chi connectivity index (χ4v) is 2.92. The standard InChI is InChI=1S/C22H18N6O3/c1-14-12-13-17(20(29)23-14)21(30)25-26-22(31)18-24-19(15-8-4-2-5-9-15)28(27-18)16-10-6-3-7-11-16/h2-13H,1H3,(H,23,29)(H,25,30)(H,26,31). The number of rotatable bonds is 4. The zero-order chi connectivity index (χ0) is 21.8. The normalized spacial score (nSPS) is 10.5. The van der Waals surface area contributed by atoms with Crippen molar-refractivity contribution in [2.45, 2.75) is 6.92 Å². The van der Waals surface area contributed by atoms with Crippen LogP contribution in [0.25, 0.3) is 17.1 Å². The maximum absolute atomic E-state index is 12.6. The Kier molecular flexibility index (Phi) is 5.39. The van der Waals surface area contributed by atoms with Gasteiger partial charge in [-0.1, -0.05) is 48.5 Å². The van der Waals surface area contributed by atoms with Crippen molar-refractivity contribution in [3.63, 3.8) is 0 Å². The molecule has 2 amide bonds. The number of H-pyrrole nitrogens is 1. The average molecular weight is 414 g/mol. The van der Waals surface area contributed by atoms with Crippen molar-refractivity contribution >= 4 is 11.8 Å². The SMILES string of the molecule is Cc1ccc(C(=O)NNC(=O)c2nc(-c3ccccc3)n(-c3ccccc3)n2)c(=O)[nH]1. The van der Waals surface area contributed by atoms with Crippen molar-refractivity contribution in [2.75, 3.05) is 0 Å². The van der Waals surface area contributed by atoms with E-state index in [1.165, 1.54) is 6.07 Å². The molecule has 0 atom stereocenters. The van der Waals surface area contributed by atoms with Crippen LogP contribution in [0.3, 0.4) is 0 Å². The molecule has 9 heteroatoms. The van der Waals surface area contributed by atoms with Crippen LogP contribution in [0.2, 0.25) is 0 Å². The van der Waals surface area contributed by atoms with Crippen molar-refractivity contribution in [3.05, 3.63) is 100 Å². The Morgan fingerprint density at radius 2 is 1.52 bits per heavy atom. The number of aromatic nitrogens is 4. The number of para-hydroxylation sites is 1. The first kappa shape index (κ1) is 19.8. The van der Waals surface area contributed by atoms with Crippen molar-refractivity contribution in [2.24, 2.45) is 0 Å². The third-order valence-corrected chi connectivity index (χ3v) is 4.43. The highest BCUT2D eigenvalue weighted by atomic mass is 16.2. The lowest BCUT2D eigenvalue weighted by molar-refractivity contribution is 0.0840. The van der Waals surface area contributed by atoms with Crippen molar-refractivity contribution < 1.29 is 9.59 Å². The fourth-order valence-electron chi connectivity index (χ4n) is 2.92. The van der Waals surface area contributed by atoms with E-state index in [-0.39, 0.29) is 11.4 Å². The van der Waals surface area contributed by atoms with Gasteiger partial charge in [-0.3, -0.25) is 25.2 Å². The lowest BCUT2D eigenvalue weighted by Gasteiger charge is -2.05. The summed E-state index contributed by atoms with van der Waals surface area (Å²) < 4.78 is 1.55. The molecule has 0 bridgehead atoms. The van der Waals surface area contributed by atoms with Gasteiger partial charge >= 0.3 is 5.91 Å². The zero-order valence-corrected chi connectivity index (χ0v) is 16.5. The van der Waals surface area contributed by atoms with Crippen molar-refractivity contribution in [1.82, 2.24) is 30.6 Å². The van der Waals surface area contributed by atoms with E-state index in [4.69, 9.17) is 0 Å². The van der Waals surface area contributed by atoms with Crippen LogP contribution in [0.4, 0.5) is 0 Å². The van der Waals surface area contributed by atoms with Gasteiger partial charge in [-0.2, -0.15) is 0 Å². The molecule has 4 aromatic rings. The molecule has 0 radical (unpaired) electrons. The summed E-state index contributed by atoms with van der Waals surface area (Å²) in [7, 11) is 0. The Morgan fingerprint density at radius 3 is 2.19 bits per heavy atom. The van der Waals surface area contributed by atoms with Gasteiger partial charge in [0.1, 0.15) is 5.56 Å². The molecule has 3 N–H and O–H groups in total. The maximum atomic E-state index is 12.6. The quantitative estimate of drug-likeness (QED) is 0.441. The number of hydrogen-bond donors (Lipinski definition) is 3. The smallest absolute Gasteiger partial charge is 0.309 e. The van der Waals surface area contributed by atoms with E-state index in [2.05, 4.69) is 25.9 Å². The first-order chi connectivity index (χ1) is 15.0. The van der Waals surface area contributed by atoms with Gasteiger partial charge < -0.3 is 4.98 Å². The van der Waals surface area contributed by atoms with E-state index >= 15 is 0 Å². The first-order valence-corrected chi connectivity index (χ1v) is 9.41. The molecule has 0 aliphatic rings. The third kappa shape index (κ3) is 4.25. The monoisotopic (exact) mass is 414 g/mol. The van der Waals surface area contributed by atoms with Gasteiger partial charge in [0.15, 0.2) is 5.82 Å². The molecule has 154 valence electrons. The second kappa shape index (κ2) is 8.46. The Morgan fingerprint density at radius 1 is 0.871 bits per heavy atom. The summed E-state index contributed by atoms with van der Waals surface area (Å²) in [5.74, 6) is -1.14. The molecular weight excluding hydrogens is 396 g/mol. The molecule has 2 aromatic heterocycles. The largest absolute Gasteiger partial charge is 0.326 e. The summed E-state index contributed by atoms with van der Waals surface area (Å²) in [5.41, 5.74) is 5.91. The molecule has 9 nitrogen and oxygen atoms in total. The second-order valence-corrected chi connectivity index (χ2v) is 6.66. The van der Waals surface area contributed by atoms with Crippen LogP contribution in [0.15, 0.2) is 77.6 Å². The zero-order valence-electron chi connectivity index (χ0n) is 16.5. The number of hydrogen-bond acceptors (Lipinski definition) is 5. The molecule has 0 spiro atoms. The number of pyridine rings is 1. The van der Waals surface area contributed by atoms with Crippen LogP contribution in [0.1, 0.15) is 26.7 Å². The summed E-state index contributed by atoms with van der Waals surface area (Å²) in [6.07, 6.45) is 0. The van der Waals surface area contributed by atoms with Gasteiger partial charge in [-0.15, -0.1) is 5.10 Å². The number of benzene rings is 2. The molecule has 0 aliphatic heterocycles. The third-order valence-electron chi connectivity index (χ3n) is 4.43. The molecule has 0 saturated heterocycles. The van der Waals surface area contributed by atoms with Crippen LogP contribution in [0, 0.1) is 6.92 Å². The van der Waals surface area contributed by atoms with Crippen LogP contribution >= 0.6 is 0 Å². The molecular formula is C22H18N6O3. The summed E-state index contributed by atoms with van der Waals surface area (Å²) in [6, 6.07) is 21.5. The van der Waals surface area contributed by atoms with Gasteiger partial charge in [0.2, 0.25) is 5.82 Å². The summed E-state index contributed by atoms with van der Waals surface area (Å²) in [5, 5.41) is 4.31. The first-order valence-electron chi connectivity index (χ1n) is 9.41. The summed E-state index contributed by atoms with van der Waals surface area (Å²) in [6.45, 7) is 1.70. The lowest BCUT2D eigenvalue weighted by Crippen LogP contribution is -2.43. The number of aryl methyl sites for hydroxylation is 1. The average Bonchev–Trinajstić information content (AvgIpc) is 3.24.